The summed E-state index contributed by atoms with van der Waals surface area (Å²) in [6.45, 7) is 4.95. The summed E-state index contributed by atoms with van der Waals surface area (Å²) in [5.74, 6) is 1.71. The summed E-state index contributed by atoms with van der Waals surface area (Å²) in [4.78, 5) is 12.3. The molecule has 0 bridgehead atoms. The van der Waals surface area contributed by atoms with Crippen molar-refractivity contribution in [3.05, 3.63) is 54.1 Å². The second-order valence-electron chi connectivity index (χ2n) is 6.43. The van der Waals surface area contributed by atoms with Gasteiger partial charge in [0.2, 0.25) is 5.91 Å². The van der Waals surface area contributed by atoms with Crippen molar-refractivity contribution in [1.82, 2.24) is 10.2 Å². The molecule has 1 amide bonds. The largest absolute Gasteiger partial charge is 0.494 e. The predicted molar refractivity (Wildman–Crippen MR) is 111 cm³/mol. The first-order chi connectivity index (χ1) is 14.7. The normalized spacial score (nSPS) is 10.9. The van der Waals surface area contributed by atoms with Gasteiger partial charge < -0.3 is 18.3 Å². The Balaban J connectivity index is 1.44. The number of para-hydroxylation sites is 1. The molecule has 8 nitrogen and oxygen atoms in total. The van der Waals surface area contributed by atoms with E-state index in [1.807, 2.05) is 56.3 Å². The molecule has 0 unspecified atom stereocenters. The van der Waals surface area contributed by atoms with E-state index < -0.39 is 0 Å². The van der Waals surface area contributed by atoms with E-state index in [4.69, 9.17) is 18.3 Å². The molecule has 0 aliphatic heterocycles. The summed E-state index contributed by atoms with van der Waals surface area (Å²) in [6.07, 6.45) is 0.173. The minimum Gasteiger partial charge on any atom is -0.494 e. The molecule has 4 aromatic rings. The molecule has 0 aliphatic rings. The number of benzene rings is 2. The number of carbonyl (C=O) groups excluding carboxylic acids is 1. The number of furan rings is 1. The number of hydrogen-bond donors (Lipinski definition) is 1. The van der Waals surface area contributed by atoms with Crippen LogP contribution >= 0.6 is 0 Å². The standard InChI is InChI=1S/C22H21N3O5/c1-3-27-16-10-8-14(9-11-16)12-19(26)23-22-25-24-21(30-22)18-13-15-6-5-7-17(28-4-2)20(15)29-18/h5-11,13H,3-4,12H2,1-2H3,(H,23,25,26). The lowest BCUT2D eigenvalue weighted by Gasteiger charge is -2.04. The summed E-state index contributed by atoms with van der Waals surface area (Å²) in [7, 11) is 0. The zero-order valence-corrected chi connectivity index (χ0v) is 16.7. The maximum absolute atomic E-state index is 12.3. The molecule has 0 radical (unpaired) electrons. The van der Waals surface area contributed by atoms with E-state index in [1.165, 1.54) is 0 Å². The molecule has 2 aromatic heterocycles. The zero-order chi connectivity index (χ0) is 20.9. The van der Waals surface area contributed by atoms with Crippen LogP contribution in [0.3, 0.4) is 0 Å². The van der Waals surface area contributed by atoms with E-state index >= 15 is 0 Å². The maximum atomic E-state index is 12.3. The van der Waals surface area contributed by atoms with Crippen molar-refractivity contribution in [2.45, 2.75) is 20.3 Å². The maximum Gasteiger partial charge on any atom is 0.322 e. The molecule has 154 valence electrons. The van der Waals surface area contributed by atoms with Crippen LogP contribution in [0.25, 0.3) is 22.6 Å². The van der Waals surface area contributed by atoms with Gasteiger partial charge in [-0.25, -0.2) is 0 Å². The quantitative estimate of drug-likeness (QED) is 0.460. The number of carbonyl (C=O) groups is 1. The highest BCUT2D eigenvalue weighted by atomic mass is 16.5. The summed E-state index contributed by atoms with van der Waals surface area (Å²) < 4.78 is 22.4. The Bertz CT molecular complexity index is 1150. The molecule has 0 atom stereocenters. The van der Waals surface area contributed by atoms with Gasteiger partial charge in [-0.1, -0.05) is 29.4 Å². The molecule has 8 heteroatoms. The van der Waals surface area contributed by atoms with Crippen LogP contribution < -0.4 is 14.8 Å². The minimum absolute atomic E-state index is 0.00595. The third-order valence-corrected chi connectivity index (χ3v) is 4.29. The summed E-state index contributed by atoms with van der Waals surface area (Å²) in [6, 6.07) is 14.8. The van der Waals surface area contributed by atoms with E-state index in [0.29, 0.717) is 30.3 Å². The van der Waals surface area contributed by atoms with E-state index in [1.54, 1.807) is 6.07 Å². The van der Waals surface area contributed by atoms with E-state index in [-0.39, 0.29) is 24.2 Å². The monoisotopic (exact) mass is 407 g/mol. The van der Waals surface area contributed by atoms with Crippen LogP contribution in [0.2, 0.25) is 0 Å². The van der Waals surface area contributed by atoms with Crippen molar-refractivity contribution < 1.29 is 23.1 Å². The average Bonchev–Trinajstić information content (AvgIpc) is 3.37. The first-order valence-electron chi connectivity index (χ1n) is 9.67. The number of nitrogens with zero attached hydrogens (tertiary/aromatic N) is 2. The van der Waals surface area contributed by atoms with Gasteiger partial charge in [-0.2, -0.15) is 0 Å². The highest BCUT2D eigenvalue weighted by molar-refractivity contribution is 5.90. The number of rotatable bonds is 8. The van der Waals surface area contributed by atoms with Crippen LogP contribution in [0.1, 0.15) is 19.4 Å². The number of aromatic nitrogens is 2. The number of nitrogens with one attached hydrogen (secondary N) is 1. The Morgan fingerprint density at radius 2 is 1.80 bits per heavy atom. The summed E-state index contributed by atoms with van der Waals surface area (Å²) >= 11 is 0. The number of amides is 1. The number of fused-ring (bicyclic) bond motifs is 1. The van der Waals surface area contributed by atoms with Gasteiger partial charge in [-0.15, -0.1) is 5.10 Å². The summed E-state index contributed by atoms with van der Waals surface area (Å²) in [5, 5.41) is 11.3. The topological polar surface area (TPSA) is 99.6 Å². The van der Waals surface area contributed by atoms with Crippen molar-refractivity contribution in [2.75, 3.05) is 18.5 Å². The predicted octanol–water partition coefficient (Wildman–Crippen LogP) is 4.46. The fourth-order valence-corrected chi connectivity index (χ4v) is 3.00. The SMILES string of the molecule is CCOc1ccc(CC(=O)Nc2nnc(-c3cc4cccc(OCC)c4o3)o2)cc1. The third kappa shape index (κ3) is 4.27. The van der Waals surface area contributed by atoms with Crippen LogP contribution in [-0.2, 0) is 11.2 Å². The second kappa shape index (κ2) is 8.69. The van der Waals surface area contributed by atoms with Gasteiger partial charge in [0.05, 0.1) is 19.6 Å². The molecule has 2 aromatic carbocycles. The molecule has 0 aliphatic carbocycles. The average molecular weight is 407 g/mol. The second-order valence-corrected chi connectivity index (χ2v) is 6.43. The molecule has 0 spiro atoms. The van der Waals surface area contributed by atoms with E-state index in [2.05, 4.69) is 15.5 Å². The Morgan fingerprint density at radius 3 is 2.57 bits per heavy atom. The lowest BCUT2D eigenvalue weighted by Crippen LogP contribution is -2.14. The van der Waals surface area contributed by atoms with Gasteiger partial charge in [0.25, 0.3) is 5.89 Å². The van der Waals surface area contributed by atoms with E-state index in [9.17, 15) is 4.79 Å². The molecule has 0 saturated carbocycles. The van der Waals surface area contributed by atoms with Crippen molar-refractivity contribution >= 4 is 22.9 Å². The number of ether oxygens (including phenoxy) is 2. The third-order valence-electron chi connectivity index (χ3n) is 4.29. The number of hydrogen-bond acceptors (Lipinski definition) is 7. The van der Waals surface area contributed by atoms with Crippen LogP contribution in [0.5, 0.6) is 11.5 Å². The van der Waals surface area contributed by atoms with Crippen LogP contribution in [-0.4, -0.2) is 29.3 Å². The molecular formula is C22H21N3O5. The molecule has 0 fully saturated rings. The smallest absolute Gasteiger partial charge is 0.322 e. The Hall–Kier alpha value is -3.81. The Kier molecular flexibility index (Phi) is 5.65. The molecule has 1 N–H and O–H groups in total. The van der Waals surface area contributed by atoms with Crippen molar-refractivity contribution in [3.8, 4) is 23.1 Å². The fraction of sp³-hybridized carbons (Fsp3) is 0.227. The van der Waals surface area contributed by atoms with Gasteiger partial charge in [0.1, 0.15) is 5.75 Å². The van der Waals surface area contributed by atoms with Gasteiger partial charge in [0.15, 0.2) is 17.1 Å². The molecule has 4 rings (SSSR count). The first-order valence-corrected chi connectivity index (χ1v) is 9.67. The Labute approximate surface area is 172 Å². The van der Waals surface area contributed by atoms with Crippen LogP contribution in [0.15, 0.2) is 57.4 Å². The Morgan fingerprint density at radius 1 is 1.00 bits per heavy atom. The number of anilines is 1. The van der Waals surface area contributed by atoms with Crippen LogP contribution in [0.4, 0.5) is 6.01 Å². The lowest BCUT2D eigenvalue weighted by molar-refractivity contribution is -0.115. The molecule has 2 heterocycles. The highest BCUT2D eigenvalue weighted by Gasteiger charge is 2.17. The zero-order valence-electron chi connectivity index (χ0n) is 16.7. The van der Waals surface area contributed by atoms with E-state index in [0.717, 1.165) is 16.7 Å². The summed E-state index contributed by atoms with van der Waals surface area (Å²) in [5.41, 5.74) is 1.45. The molecular weight excluding hydrogens is 386 g/mol. The van der Waals surface area contributed by atoms with Crippen molar-refractivity contribution in [2.24, 2.45) is 0 Å². The fourth-order valence-electron chi connectivity index (χ4n) is 3.00. The van der Waals surface area contributed by atoms with Crippen molar-refractivity contribution in [1.29, 1.82) is 0 Å². The minimum atomic E-state index is -0.266. The van der Waals surface area contributed by atoms with Gasteiger partial charge in [-0.3, -0.25) is 10.1 Å². The lowest BCUT2D eigenvalue weighted by atomic mass is 10.1. The van der Waals surface area contributed by atoms with Gasteiger partial charge in [-0.05, 0) is 43.7 Å². The molecule has 30 heavy (non-hydrogen) atoms. The van der Waals surface area contributed by atoms with Gasteiger partial charge >= 0.3 is 6.01 Å². The highest BCUT2D eigenvalue weighted by Crippen LogP contribution is 2.33. The van der Waals surface area contributed by atoms with Crippen molar-refractivity contribution in [3.63, 3.8) is 0 Å². The molecule has 0 saturated heterocycles. The van der Waals surface area contributed by atoms with Gasteiger partial charge in [0, 0.05) is 5.39 Å². The van der Waals surface area contributed by atoms with Crippen LogP contribution in [0, 0.1) is 0 Å². The first kappa shape index (κ1) is 19.5.